The minimum atomic E-state index is -0.511. The first-order chi connectivity index (χ1) is 11.7. The molecule has 0 fully saturated rings. The molecule has 0 saturated heterocycles. The number of aromatic nitrogens is 3. The van der Waals surface area contributed by atoms with Crippen LogP contribution < -0.4 is 5.32 Å². The van der Waals surface area contributed by atoms with E-state index in [1.807, 2.05) is 6.26 Å². The van der Waals surface area contributed by atoms with Gasteiger partial charge in [0.25, 0.3) is 0 Å². The SMILES string of the molecule is COC(=O)c1c(SC)nc2ccnn2c1Nc1cccc(C#N)c1. The van der Waals surface area contributed by atoms with Gasteiger partial charge in [0.2, 0.25) is 0 Å². The molecule has 0 aliphatic rings. The predicted octanol–water partition coefficient (Wildman–Crippen LogP) is 2.85. The van der Waals surface area contributed by atoms with E-state index in [0.717, 1.165) is 0 Å². The van der Waals surface area contributed by atoms with Crippen molar-refractivity contribution in [3.63, 3.8) is 0 Å². The molecule has 1 aromatic carbocycles. The lowest BCUT2D eigenvalue weighted by atomic mass is 10.2. The lowest BCUT2D eigenvalue weighted by molar-refractivity contribution is 0.0596. The summed E-state index contributed by atoms with van der Waals surface area (Å²) in [5.41, 5.74) is 2.07. The number of nitriles is 1. The topological polar surface area (TPSA) is 92.3 Å². The Morgan fingerprint density at radius 3 is 2.96 bits per heavy atom. The standard InChI is InChI=1S/C16H13N5O2S/c1-23-16(22)13-14(19-11-5-3-4-10(8-11)9-17)21-12(6-7-18-21)20-15(13)24-2/h3-8,19H,1-2H3. The van der Waals surface area contributed by atoms with Crippen molar-refractivity contribution in [2.45, 2.75) is 5.03 Å². The number of anilines is 2. The number of carbonyl (C=O) groups is 1. The molecule has 0 spiro atoms. The van der Waals surface area contributed by atoms with Crippen molar-refractivity contribution in [1.82, 2.24) is 14.6 Å². The summed E-state index contributed by atoms with van der Waals surface area (Å²) < 4.78 is 6.43. The monoisotopic (exact) mass is 339 g/mol. The highest BCUT2D eigenvalue weighted by atomic mass is 32.2. The molecule has 120 valence electrons. The number of fused-ring (bicyclic) bond motifs is 1. The maximum atomic E-state index is 12.3. The van der Waals surface area contributed by atoms with E-state index in [1.54, 1.807) is 36.5 Å². The van der Waals surface area contributed by atoms with Gasteiger partial charge in [-0.2, -0.15) is 14.9 Å². The van der Waals surface area contributed by atoms with Crippen LogP contribution in [-0.4, -0.2) is 33.9 Å². The van der Waals surface area contributed by atoms with Crippen LogP contribution in [0.25, 0.3) is 5.65 Å². The van der Waals surface area contributed by atoms with Gasteiger partial charge in [-0.3, -0.25) is 0 Å². The van der Waals surface area contributed by atoms with Gasteiger partial charge in [-0.05, 0) is 24.5 Å². The van der Waals surface area contributed by atoms with Crippen LogP contribution in [0.3, 0.4) is 0 Å². The Bertz CT molecular complexity index is 961. The average molecular weight is 339 g/mol. The fraction of sp³-hybridized carbons (Fsp3) is 0.125. The van der Waals surface area contributed by atoms with Crippen LogP contribution in [0.5, 0.6) is 0 Å². The lowest BCUT2D eigenvalue weighted by Gasteiger charge is -2.15. The number of nitrogens with one attached hydrogen (secondary N) is 1. The molecule has 0 bridgehead atoms. The van der Waals surface area contributed by atoms with Crippen LogP contribution in [0.2, 0.25) is 0 Å². The zero-order valence-corrected chi connectivity index (χ0v) is 13.8. The number of methoxy groups -OCH3 is 1. The van der Waals surface area contributed by atoms with Crippen LogP contribution in [0.4, 0.5) is 11.5 Å². The van der Waals surface area contributed by atoms with Crippen molar-refractivity contribution in [3.8, 4) is 6.07 Å². The summed E-state index contributed by atoms with van der Waals surface area (Å²) in [5.74, 6) is -0.0699. The molecular formula is C16H13N5O2S. The third-order valence-electron chi connectivity index (χ3n) is 3.34. The molecule has 0 unspecified atom stereocenters. The van der Waals surface area contributed by atoms with E-state index >= 15 is 0 Å². The molecule has 8 heteroatoms. The largest absolute Gasteiger partial charge is 0.465 e. The number of ether oxygens (including phenoxy) is 1. The third kappa shape index (κ3) is 2.77. The van der Waals surface area contributed by atoms with Crippen molar-refractivity contribution in [1.29, 1.82) is 5.26 Å². The highest BCUT2D eigenvalue weighted by molar-refractivity contribution is 7.98. The van der Waals surface area contributed by atoms with Crippen molar-refractivity contribution in [2.75, 3.05) is 18.7 Å². The first-order valence-electron chi connectivity index (χ1n) is 6.95. The summed E-state index contributed by atoms with van der Waals surface area (Å²) in [6, 6.07) is 10.8. The summed E-state index contributed by atoms with van der Waals surface area (Å²) in [7, 11) is 1.32. The van der Waals surface area contributed by atoms with E-state index in [9.17, 15) is 4.79 Å². The fourth-order valence-electron chi connectivity index (χ4n) is 2.27. The first-order valence-corrected chi connectivity index (χ1v) is 8.17. The number of esters is 1. The number of thioether (sulfide) groups is 1. The number of rotatable bonds is 4. The van der Waals surface area contributed by atoms with Crippen molar-refractivity contribution >= 4 is 34.9 Å². The van der Waals surface area contributed by atoms with Gasteiger partial charge in [0, 0.05) is 11.8 Å². The Morgan fingerprint density at radius 2 is 2.25 bits per heavy atom. The van der Waals surface area contributed by atoms with Crippen LogP contribution >= 0.6 is 11.8 Å². The second-order valence-corrected chi connectivity index (χ2v) is 5.55. The summed E-state index contributed by atoms with van der Waals surface area (Å²) in [4.78, 5) is 16.7. The van der Waals surface area contributed by atoms with Gasteiger partial charge in [-0.15, -0.1) is 11.8 Å². The first kappa shape index (κ1) is 15.8. The maximum absolute atomic E-state index is 12.3. The van der Waals surface area contributed by atoms with Crippen molar-refractivity contribution in [2.24, 2.45) is 0 Å². The van der Waals surface area contributed by atoms with Gasteiger partial charge in [-0.1, -0.05) is 6.07 Å². The molecule has 24 heavy (non-hydrogen) atoms. The van der Waals surface area contributed by atoms with Crippen LogP contribution in [0, 0.1) is 11.3 Å². The van der Waals surface area contributed by atoms with Gasteiger partial charge in [0.05, 0.1) is 24.9 Å². The molecular weight excluding hydrogens is 326 g/mol. The smallest absolute Gasteiger partial charge is 0.344 e. The van der Waals surface area contributed by atoms with E-state index in [-0.39, 0.29) is 0 Å². The molecule has 0 saturated carbocycles. The quantitative estimate of drug-likeness (QED) is 0.444. The van der Waals surface area contributed by atoms with Crippen LogP contribution in [0.15, 0.2) is 41.6 Å². The summed E-state index contributed by atoms with van der Waals surface area (Å²) in [6.07, 6.45) is 3.44. The Morgan fingerprint density at radius 1 is 1.42 bits per heavy atom. The molecule has 0 aliphatic heterocycles. The minimum Gasteiger partial charge on any atom is -0.465 e. The van der Waals surface area contributed by atoms with E-state index in [1.165, 1.54) is 23.4 Å². The van der Waals surface area contributed by atoms with Crippen molar-refractivity contribution in [3.05, 3.63) is 47.7 Å². The Labute approximate surface area is 142 Å². The van der Waals surface area contributed by atoms with E-state index in [0.29, 0.717) is 33.3 Å². The van der Waals surface area contributed by atoms with E-state index in [2.05, 4.69) is 21.5 Å². The van der Waals surface area contributed by atoms with Gasteiger partial charge in [0.1, 0.15) is 10.6 Å². The highest BCUT2D eigenvalue weighted by Crippen LogP contribution is 2.29. The molecule has 0 aliphatic carbocycles. The van der Waals surface area contributed by atoms with E-state index in [4.69, 9.17) is 10.00 Å². The normalized spacial score (nSPS) is 10.4. The fourth-order valence-corrected chi connectivity index (χ4v) is 2.84. The molecule has 3 rings (SSSR count). The number of nitrogens with zero attached hydrogens (tertiary/aromatic N) is 4. The number of hydrogen-bond acceptors (Lipinski definition) is 7. The summed E-state index contributed by atoms with van der Waals surface area (Å²) in [6.45, 7) is 0. The van der Waals surface area contributed by atoms with Gasteiger partial charge >= 0.3 is 5.97 Å². The Hall–Kier alpha value is -3.05. The second kappa shape index (κ2) is 6.60. The molecule has 2 aromatic heterocycles. The zero-order chi connectivity index (χ0) is 17.1. The lowest BCUT2D eigenvalue weighted by Crippen LogP contribution is -2.13. The Balaban J connectivity index is 2.22. The van der Waals surface area contributed by atoms with Gasteiger partial charge < -0.3 is 10.1 Å². The molecule has 3 aromatic rings. The number of carbonyl (C=O) groups excluding carboxylic acids is 1. The third-order valence-corrected chi connectivity index (χ3v) is 4.02. The summed E-state index contributed by atoms with van der Waals surface area (Å²) in [5, 5.41) is 17.0. The molecule has 0 atom stereocenters. The van der Waals surface area contributed by atoms with Crippen LogP contribution in [0.1, 0.15) is 15.9 Å². The highest BCUT2D eigenvalue weighted by Gasteiger charge is 2.23. The molecule has 1 N–H and O–H groups in total. The average Bonchev–Trinajstić information content (AvgIpc) is 3.09. The van der Waals surface area contributed by atoms with Gasteiger partial charge in [0.15, 0.2) is 11.5 Å². The molecule has 0 amide bonds. The molecule has 7 nitrogen and oxygen atoms in total. The zero-order valence-electron chi connectivity index (χ0n) is 13.0. The number of benzene rings is 1. The maximum Gasteiger partial charge on any atom is 0.344 e. The summed E-state index contributed by atoms with van der Waals surface area (Å²) >= 11 is 1.34. The van der Waals surface area contributed by atoms with Crippen LogP contribution in [-0.2, 0) is 4.74 Å². The van der Waals surface area contributed by atoms with Crippen molar-refractivity contribution < 1.29 is 9.53 Å². The van der Waals surface area contributed by atoms with Gasteiger partial charge in [-0.25, -0.2) is 9.78 Å². The molecule has 0 radical (unpaired) electrons. The second-order valence-electron chi connectivity index (χ2n) is 4.76. The minimum absolute atomic E-state index is 0.295. The predicted molar refractivity (Wildman–Crippen MR) is 90.5 cm³/mol. The van der Waals surface area contributed by atoms with E-state index < -0.39 is 5.97 Å². The number of hydrogen-bond donors (Lipinski definition) is 1. The Kier molecular flexibility index (Phi) is 4.35. The molecule has 2 heterocycles.